The fraction of sp³-hybridized carbons (Fsp3) is 0.133. The van der Waals surface area contributed by atoms with Crippen LogP contribution in [0.5, 0.6) is 5.75 Å². The number of alkyl halides is 6. The predicted octanol–water partition coefficient (Wildman–Crippen LogP) is 4.19. The molecular formula is C15H6F6N4O. The molecule has 2 heterocycles. The second kappa shape index (κ2) is 5.91. The molecule has 0 radical (unpaired) electrons. The molecule has 0 aliphatic heterocycles. The molecule has 5 nitrogen and oxygen atoms in total. The lowest BCUT2D eigenvalue weighted by atomic mass is 10.1. The summed E-state index contributed by atoms with van der Waals surface area (Å²) in [7, 11) is 0. The van der Waals surface area contributed by atoms with Gasteiger partial charge in [0.25, 0.3) is 0 Å². The number of nitriles is 1. The molecule has 0 N–H and O–H groups in total. The van der Waals surface area contributed by atoms with Gasteiger partial charge in [0, 0.05) is 18.0 Å². The summed E-state index contributed by atoms with van der Waals surface area (Å²) in [5.74, 6) is -1.80. The molecule has 0 saturated carbocycles. The Kier molecular flexibility index (Phi) is 3.98. The van der Waals surface area contributed by atoms with Crippen LogP contribution < -0.4 is 4.74 Å². The maximum Gasteiger partial charge on any atom is 0.573 e. The number of benzene rings is 1. The highest BCUT2D eigenvalue weighted by molar-refractivity contribution is 5.65. The third-order valence-corrected chi connectivity index (χ3v) is 3.26. The van der Waals surface area contributed by atoms with E-state index in [1.807, 2.05) is 0 Å². The van der Waals surface area contributed by atoms with Gasteiger partial charge in [-0.2, -0.15) is 18.4 Å². The Morgan fingerprint density at radius 3 is 2.19 bits per heavy atom. The molecular weight excluding hydrogens is 366 g/mol. The average Bonchev–Trinajstić information content (AvgIpc) is 2.92. The van der Waals surface area contributed by atoms with E-state index in [9.17, 15) is 26.3 Å². The molecule has 0 amide bonds. The van der Waals surface area contributed by atoms with E-state index in [1.54, 1.807) is 0 Å². The standard InChI is InChI=1S/C15H6F6N4O/c16-14(17,18)13-24-11(5-22)12-23-6-9(7-25(12)13)8-1-3-10(4-2-8)26-15(19,20)21/h1-4,6-7H. The first kappa shape index (κ1) is 17.5. The van der Waals surface area contributed by atoms with Crippen LogP contribution in [0.25, 0.3) is 16.8 Å². The molecule has 11 heteroatoms. The SMILES string of the molecule is N#Cc1nc(C(F)(F)F)n2cc(-c3ccc(OC(F)(F)F)cc3)cnc12. The normalized spacial score (nSPS) is 12.2. The summed E-state index contributed by atoms with van der Waals surface area (Å²) in [5, 5.41) is 8.89. The first-order chi connectivity index (χ1) is 12.1. The minimum atomic E-state index is -4.85. The van der Waals surface area contributed by atoms with Gasteiger partial charge in [0.05, 0.1) is 0 Å². The molecule has 2 aromatic heterocycles. The van der Waals surface area contributed by atoms with Crippen molar-refractivity contribution in [3.05, 3.63) is 48.2 Å². The lowest BCUT2D eigenvalue weighted by Crippen LogP contribution is -2.16. The minimum absolute atomic E-state index is 0.184. The van der Waals surface area contributed by atoms with Gasteiger partial charge in [-0.05, 0) is 17.7 Å². The van der Waals surface area contributed by atoms with E-state index in [-0.39, 0.29) is 11.2 Å². The first-order valence-corrected chi connectivity index (χ1v) is 6.80. The molecule has 134 valence electrons. The molecule has 26 heavy (non-hydrogen) atoms. The molecule has 0 saturated heterocycles. The van der Waals surface area contributed by atoms with Gasteiger partial charge in [0.15, 0.2) is 11.3 Å². The van der Waals surface area contributed by atoms with E-state index in [0.29, 0.717) is 9.96 Å². The van der Waals surface area contributed by atoms with Gasteiger partial charge in [-0.3, -0.25) is 4.40 Å². The molecule has 0 aliphatic rings. The summed E-state index contributed by atoms with van der Waals surface area (Å²) in [6.07, 6.45) is -7.42. The van der Waals surface area contributed by atoms with Crippen molar-refractivity contribution in [1.29, 1.82) is 5.26 Å². The lowest BCUT2D eigenvalue weighted by Gasteiger charge is -2.10. The van der Waals surface area contributed by atoms with Gasteiger partial charge in [-0.1, -0.05) is 12.1 Å². The van der Waals surface area contributed by atoms with E-state index in [1.165, 1.54) is 24.4 Å². The van der Waals surface area contributed by atoms with E-state index in [0.717, 1.165) is 18.3 Å². The van der Waals surface area contributed by atoms with Gasteiger partial charge in [-0.25, -0.2) is 9.97 Å². The molecule has 1 aromatic carbocycles. The Labute approximate surface area is 141 Å². The highest BCUT2D eigenvalue weighted by Gasteiger charge is 2.37. The average molecular weight is 372 g/mol. The van der Waals surface area contributed by atoms with Gasteiger partial charge >= 0.3 is 12.5 Å². The van der Waals surface area contributed by atoms with E-state index in [2.05, 4.69) is 14.7 Å². The van der Waals surface area contributed by atoms with E-state index < -0.39 is 29.8 Å². The van der Waals surface area contributed by atoms with Crippen LogP contribution in [0.1, 0.15) is 11.5 Å². The van der Waals surface area contributed by atoms with Crippen LogP contribution in [0, 0.1) is 11.3 Å². The lowest BCUT2D eigenvalue weighted by molar-refractivity contribution is -0.274. The fourth-order valence-electron chi connectivity index (χ4n) is 2.25. The molecule has 0 bridgehead atoms. The molecule has 3 aromatic rings. The molecule has 0 fully saturated rings. The Hall–Kier alpha value is -3.29. The fourth-order valence-corrected chi connectivity index (χ4v) is 2.25. The van der Waals surface area contributed by atoms with Crippen LogP contribution in [0.2, 0.25) is 0 Å². The van der Waals surface area contributed by atoms with Gasteiger partial charge in [-0.15, -0.1) is 13.2 Å². The number of aromatic nitrogens is 3. The maximum absolute atomic E-state index is 13.1. The second-order valence-electron chi connectivity index (χ2n) is 5.00. The van der Waals surface area contributed by atoms with Crippen LogP contribution in [0.4, 0.5) is 26.3 Å². The zero-order valence-electron chi connectivity index (χ0n) is 12.4. The molecule has 0 atom stereocenters. The van der Waals surface area contributed by atoms with Crippen molar-refractivity contribution < 1.29 is 31.1 Å². The third-order valence-electron chi connectivity index (χ3n) is 3.26. The number of hydrogen-bond donors (Lipinski definition) is 0. The monoisotopic (exact) mass is 372 g/mol. The number of halogens is 6. The first-order valence-electron chi connectivity index (χ1n) is 6.80. The Balaban J connectivity index is 2.05. The van der Waals surface area contributed by atoms with Crippen molar-refractivity contribution in [3.8, 4) is 22.9 Å². The summed E-state index contributed by atoms with van der Waals surface area (Å²) in [5.41, 5.74) is -0.281. The molecule has 0 unspecified atom stereocenters. The van der Waals surface area contributed by atoms with E-state index >= 15 is 0 Å². The zero-order chi connectivity index (χ0) is 19.1. The van der Waals surface area contributed by atoms with Crippen LogP contribution in [-0.4, -0.2) is 20.7 Å². The number of nitrogens with zero attached hydrogens (tertiary/aromatic N) is 4. The van der Waals surface area contributed by atoms with Crippen molar-refractivity contribution in [2.45, 2.75) is 12.5 Å². The van der Waals surface area contributed by atoms with E-state index in [4.69, 9.17) is 5.26 Å². The summed E-state index contributed by atoms with van der Waals surface area (Å²) in [6.45, 7) is 0. The van der Waals surface area contributed by atoms with Crippen LogP contribution in [0.3, 0.4) is 0 Å². The Morgan fingerprint density at radius 2 is 1.65 bits per heavy atom. The second-order valence-corrected chi connectivity index (χ2v) is 5.00. The summed E-state index contributed by atoms with van der Waals surface area (Å²) in [4.78, 5) is 7.05. The highest BCUT2D eigenvalue weighted by atomic mass is 19.4. The van der Waals surface area contributed by atoms with Crippen LogP contribution >= 0.6 is 0 Å². The Morgan fingerprint density at radius 1 is 1.00 bits per heavy atom. The van der Waals surface area contributed by atoms with Crippen LogP contribution in [-0.2, 0) is 6.18 Å². The number of ether oxygens (including phenoxy) is 1. The third kappa shape index (κ3) is 3.39. The minimum Gasteiger partial charge on any atom is -0.406 e. The maximum atomic E-state index is 13.1. The smallest absolute Gasteiger partial charge is 0.406 e. The zero-order valence-corrected chi connectivity index (χ0v) is 12.4. The van der Waals surface area contributed by atoms with Gasteiger partial charge in [0.2, 0.25) is 5.82 Å². The molecule has 3 rings (SSSR count). The largest absolute Gasteiger partial charge is 0.573 e. The topological polar surface area (TPSA) is 63.2 Å². The predicted molar refractivity (Wildman–Crippen MR) is 74.8 cm³/mol. The highest BCUT2D eigenvalue weighted by Crippen LogP contribution is 2.31. The van der Waals surface area contributed by atoms with Gasteiger partial charge in [0.1, 0.15) is 11.8 Å². The van der Waals surface area contributed by atoms with Crippen molar-refractivity contribution in [3.63, 3.8) is 0 Å². The number of rotatable bonds is 2. The van der Waals surface area contributed by atoms with Crippen LogP contribution in [0.15, 0.2) is 36.7 Å². The van der Waals surface area contributed by atoms with Crippen molar-refractivity contribution >= 4 is 5.65 Å². The number of imidazole rings is 1. The van der Waals surface area contributed by atoms with Crippen molar-refractivity contribution in [2.75, 3.05) is 0 Å². The molecule has 0 aliphatic carbocycles. The number of hydrogen-bond acceptors (Lipinski definition) is 4. The van der Waals surface area contributed by atoms with Crippen molar-refractivity contribution in [1.82, 2.24) is 14.4 Å². The quantitative estimate of drug-likeness (QED) is 0.633. The van der Waals surface area contributed by atoms with Gasteiger partial charge < -0.3 is 4.74 Å². The summed E-state index contributed by atoms with van der Waals surface area (Å²) >= 11 is 0. The number of fused-ring (bicyclic) bond motifs is 1. The molecule has 0 spiro atoms. The Bertz CT molecular complexity index is 998. The summed E-state index contributed by atoms with van der Waals surface area (Å²) < 4.78 is 80.0. The van der Waals surface area contributed by atoms with Crippen molar-refractivity contribution in [2.24, 2.45) is 0 Å². The summed E-state index contributed by atoms with van der Waals surface area (Å²) in [6, 6.07) is 6.04.